The van der Waals surface area contributed by atoms with Gasteiger partial charge in [0.25, 0.3) is 0 Å². The summed E-state index contributed by atoms with van der Waals surface area (Å²) < 4.78 is 247. The predicted molar refractivity (Wildman–Crippen MR) is 456 cm³/mol. The lowest BCUT2D eigenvalue weighted by Crippen LogP contribution is -0.482. The van der Waals surface area contributed by atoms with Gasteiger partial charge in [0.1, 0.15) is 66.4 Å². The summed E-state index contributed by atoms with van der Waals surface area (Å²) in [6, 6.07) is 0. The van der Waals surface area contributed by atoms with Crippen LogP contribution in [-0.2, 0) is 0 Å². The van der Waals surface area contributed by atoms with Gasteiger partial charge in [-0.1, -0.05) is 238 Å². The zero-order valence-corrected chi connectivity index (χ0v) is 27.5. The Kier molecular flexibility index (Phi) is 334000. The average molecular weight is 1380 g/mol. The van der Waals surface area contributed by atoms with Crippen LogP contribution in [0, 0.1) is 0 Å². The van der Waals surface area contributed by atoms with Crippen LogP contribution in [0.25, 0.3) is 0 Å². The maximum atomic E-state index is 5.25. The molecule has 47 nitrogen and oxygen atoms in total. The lowest BCUT2D eigenvalue weighted by molar-refractivity contribution is 1.11. The number of rotatable bonds is 0. The molecule has 0 spiro atoms. The summed E-state index contributed by atoms with van der Waals surface area (Å²) in [4.78, 5) is 0. The van der Waals surface area contributed by atoms with Crippen molar-refractivity contribution in [1.82, 2.24) is 289 Å². The molecular formula is C32H272FN47. The molecule has 0 saturated carbocycles. The SMILES string of the molecule is C.C.C.C.C.C.C.C.C.C.C.C.C.C.C.C.C.C.C.C.C.C.C.C.C.C.C.C.C.C.C.C.F.[2H]N.[2H]N.[2H]N.[2H]N.[2H]N.[2H]N.[2H]N.[2H]N.[2H]N.[2H]N.[2H]N.[2H]N.[2H]N.[2H]N.[2H]N.[2H]N.[2H]N.[2H]N.[2H]N.[2H]N.[2H]N.[2H]N.[2H]N.[2H]N.[2H]N.[2H]N.[2H]N.[2H]N.[2H]N.[2H]N.[2H]N.[2H]N.[2H]N.[2H]N.[2H]N.[2H]N.[2H]N.[2H]N.[2H]N.[2H]N.[2H]N.[2H]N.[2H]N.[2H]N.[2H]N.[2H]N.[2H]N.[HH]. The molecule has 48 heteroatoms. The molecule has 0 bridgehead atoms. The highest BCUT2D eigenvalue weighted by Gasteiger charge is -0.0405. The molecule has 0 aromatic rings. The molecule has 642 valence electrons. The van der Waals surface area contributed by atoms with Gasteiger partial charge in [0.05, 0.1) is 0 Å². The molecule has 0 unspecified atom stereocenters. The minimum absolute atomic E-state index is 0. The van der Waals surface area contributed by atoms with Crippen molar-refractivity contribution in [3.63, 3.8) is 0 Å². The summed E-state index contributed by atoms with van der Waals surface area (Å²) in [6.07, 6.45) is 176. The van der Waals surface area contributed by atoms with Gasteiger partial charge in [-0.2, -0.15) is 0 Å². The molecule has 0 atom stereocenters. The first-order valence-corrected chi connectivity index (χ1v) is 0. The molecule has 0 aliphatic rings. The third kappa shape index (κ3) is 113000. The van der Waals surface area contributed by atoms with Crippen LogP contribution in [0.5, 0.6) is 0 Å². The Labute approximate surface area is 601 Å². The molecule has 0 saturated heterocycles. The lowest BCUT2D eigenvalue weighted by atomic mass is 12.0. The third-order valence-corrected chi connectivity index (χ3v) is 0. The first kappa shape index (κ1) is 228. The van der Waals surface area contributed by atoms with Gasteiger partial charge in [0.15, 0.2) is 0 Å². The van der Waals surface area contributed by atoms with E-state index in [1.807, 2.05) is 0 Å². The van der Waals surface area contributed by atoms with Crippen LogP contribution >= 0.6 is 0 Å². The standard InChI is InChI=1S/32CH4.FH.47H3N.H2/h32*1H4;1H;47*1H3;1H/i/hD47. The summed E-state index contributed by atoms with van der Waals surface area (Å²) in [6.45, 7) is 0. The molecule has 0 radical (unpaired) electrons. The fourth-order valence-corrected chi connectivity index (χ4v) is 0. The quantitative estimate of drug-likeness (QED) is 0.107. The molecular weight excluding hydrogens is 1060 g/mol. The summed E-state index contributed by atoms with van der Waals surface area (Å²) in [7, 11) is 0. The van der Waals surface area contributed by atoms with E-state index in [9.17, 15) is 0 Å². The van der Waals surface area contributed by atoms with Gasteiger partial charge in [-0.25, -0.2) is 0 Å². The average Bonchev–Trinajstić information content (AvgIpc) is 3.82. The van der Waals surface area contributed by atoms with Crippen molar-refractivity contribution in [3.05, 3.63) is 0 Å². The van der Waals surface area contributed by atoms with Gasteiger partial charge >= 0.3 is 0 Å². The van der Waals surface area contributed by atoms with Crippen molar-refractivity contribution < 1.29 is 72.5 Å². The zero-order chi connectivity index (χ0) is 94.0. The molecule has 0 rings (SSSR count). The highest BCUT2D eigenvalue weighted by atomic mass is 19.0. The second kappa shape index (κ2) is 117000. The normalized spacial score (nSPS) is 4.11. The third-order valence-electron chi connectivity index (χ3n) is 0. The Morgan fingerprint density at radius 1 is 0.0750 bits per heavy atom. The first-order chi connectivity index (χ1) is 47.0. The monoisotopic (exact) mass is 1380 g/mol. The van der Waals surface area contributed by atoms with Crippen molar-refractivity contribution >= 4 is 0 Å². The molecule has 0 aromatic heterocycles. The van der Waals surface area contributed by atoms with E-state index < -0.39 is 0 Å². The van der Waals surface area contributed by atoms with Crippen molar-refractivity contribution in [3.8, 4) is 0 Å². The Morgan fingerprint density at radius 2 is 0.0750 bits per heavy atom. The van der Waals surface area contributed by atoms with Crippen LogP contribution in [0.15, 0.2) is 0 Å². The van der Waals surface area contributed by atoms with Gasteiger partial charge in [-0.15, -0.1) is 0 Å². The smallest absolute Gasteiger partial charge is 0.115 e. The number of halogens is 1. The number of hydrogen-bond donors (Lipinski definition) is 47. The van der Waals surface area contributed by atoms with Crippen LogP contribution in [0.1, 0.15) is 239 Å². The van der Waals surface area contributed by atoms with Gasteiger partial charge in [-0.3, -0.25) is 4.70 Å². The summed E-state index contributed by atoms with van der Waals surface area (Å²) in [5.41, 5.74) is 0. The molecule has 0 heterocycles. The summed E-state index contributed by atoms with van der Waals surface area (Å²) >= 11 is 0. The van der Waals surface area contributed by atoms with Crippen molar-refractivity contribution in [2.75, 3.05) is 0 Å². The van der Waals surface area contributed by atoms with Crippen molar-refractivity contribution in [2.45, 2.75) is 238 Å². The minimum atomic E-state index is 0. The minimum Gasteiger partial charge on any atom is -0.344 e. The topological polar surface area (TPSA) is 1640 Å². The lowest BCUT2D eigenvalue weighted by Gasteiger charge is -0.345. The Bertz CT molecular complexity index is 207. The van der Waals surface area contributed by atoms with Crippen LogP contribution in [0.2, 0.25) is 66.4 Å². The van der Waals surface area contributed by atoms with E-state index in [1.165, 1.54) is 0 Å². The Balaban J connectivity index is -0.00000000222. The second-order valence-electron chi connectivity index (χ2n) is 0. The summed E-state index contributed by atoms with van der Waals surface area (Å²) in [5, 5.41) is 0. The largest absolute Gasteiger partial charge is 0.344 e. The van der Waals surface area contributed by atoms with E-state index in [4.69, 9.17) is 66.4 Å². The van der Waals surface area contributed by atoms with Gasteiger partial charge in [0, 0.05) is 1.43 Å². The molecule has 80 heavy (non-hydrogen) atoms. The zero-order valence-electron chi connectivity index (χ0n) is 74.5. The predicted octanol–water partition coefficient (Wildman–Crippen LogP) is 28.4. The fraction of sp³-hybridized carbons (Fsp3) is 1.00. The Morgan fingerprint density at radius 3 is 0.0750 bits per heavy atom. The molecule has 141 N–H and O–H groups in total. The maximum Gasteiger partial charge on any atom is 0.115 e. The first-order valence-electron chi connectivity index (χ1n) is 27.1. The number of hydrogen-bond acceptors (Lipinski definition) is 47. The van der Waals surface area contributed by atoms with E-state index in [2.05, 4.69) is 289 Å². The van der Waals surface area contributed by atoms with Crippen LogP contribution < -0.4 is 289 Å². The molecule has 0 aromatic carbocycles. The van der Waals surface area contributed by atoms with Crippen molar-refractivity contribution in [2.24, 2.45) is 0 Å². The fourth-order valence-electron chi connectivity index (χ4n) is 0. The molecule has 0 fully saturated rings. The van der Waals surface area contributed by atoms with E-state index in [-0.39, 0.29) is 244 Å². The van der Waals surface area contributed by atoms with Crippen molar-refractivity contribution in [1.29, 1.82) is 0 Å². The maximum absolute atomic E-state index is 5.25. The van der Waals surface area contributed by atoms with E-state index >= 15 is 0 Å². The van der Waals surface area contributed by atoms with Crippen LogP contribution in [-0.4, -0.2) is 0 Å². The van der Waals surface area contributed by atoms with Gasteiger partial charge in [0.2, 0.25) is 0 Å². The molecule has 0 amide bonds. The van der Waals surface area contributed by atoms with Crippen LogP contribution in [0.4, 0.5) is 4.70 Å². The van der Waals surface area contributed by atoms with E-state index in [0.29, 0.717) is 0 Å². The summed E-state index contributed by atoms with van der Waals surface area (Å²) in [5.74, 6) is 0. The van der Waals surface area contributed by atoms with E-state index in [1.54, 1.807) is 0 Å². The van der Waals surface area contributed by atoms with Gasteiger partial charge in [-0.05, 0) is 0 Å². The van der Waals surface area contributed by atoms with Gasteiger partial charge < -0.3 is 289 Å². The molecule has 0 aliphatic heterocycles. The highest BCUT2D eigenvalue weighted by Crippen LogP contribution is 0.420. The molecule has 0 aliphatic carbocycles. The van der Waals surface area contributed by atoms with Crippen LogP contribution in [0.3, 0.4) is 0 Å². The second-order valence-corrected chi connectivity index (χ2v) is 0. The van der Waals surface area contributed by atoms with E-state index in [0.717, 1.165) is 0 Å². The Hall–Kier alpha value is -1.95. The highest BCUT2D eigenvalue weighted by molar-refractivity contribution is 2.54.